The molecule has 4 aromatic rings. The van der Waals surface area contributed by atoms with Crippen LogP contribution in [0.1, 0.15) is 103 Å². The Kier molecular flexibility index (Phi) is 31.7. The molecule has 4 aromatic carbocycles. The number of hydrogen-bond donors (Lipinski definition) is 7. The second-order valence-electron chi connectivity index (χ2n) is 23.0. The van der Waals surface area contributed by atoms with Gasteiger partial charge in [0.1, 0.15) is 17.8 Å². The number of amides is 3. The summed E-state index contributed by atoms with van der Waals surface area (Å²) in [5.41, 5.74) is 4.92. The Bertz CT molecular complexity index is 2980. The van der Waals surface area contributed by atoms with Gasteiger partial charge < -0.3 is 41.1 Å². The minimum Gasteiger partial charge on any atom is -0.493 e. The standard InChI is InChI=1S/C66H87F3N8O12.Lu/c1-47-22-24-49(25-23-47)14-12-21-59(78)70-28-8-6-19-56(72-60(79)43-73-31-33-74(44-61(80)81)35-37-76(46-63(84)85)38-36-75(34-32-73)45-62(82)83)64(86)71-29-9-11-39-89-58-41-52(27-26-50-17-13-18-54(48(50)2)51-15-4-3-5-16-51)55(66(67,68)69)40-53(58)42-77-30-10-7-20-57(77)65(87)88;/h3-5,13,15-18,22-27,40-41,56-57H,6-12,14,19-21,28-39,42-46H2,1-2H3,(H,70,78)(H,71,86)(H,72,79)(H,80,81)(H,82,83)(H,84,85)(H,87,88);/q;+3/b27-26+;/t56-,57-;/m0./s1. The smallest absolute Gasteiger partial charge is 0.493 e. The van der Waals surface area contributed by atoms with E-state index in [-0.39, 0.29) is 164 Å². The number of carbonyl (C=O) groups excluding carboxylic acids is 3. The quantitative estimate of drug-likeness (QED) is 0.0195. The van der Waals surface area contributed by atoms with Gasteiger partial charge in [-0.25, -0.2) is 0 Å². The van der Waals surface area contributed by atoms with Crippen LogP contribution < -0.4 is 20.7 Å². The van der Waals surface area contributed by atoms with E-state index in [2.05, 4.69) is 16.0 Å². The number of carboxylic acid groups (broad SMARTS) is 4. The summed E-state index contributed by atoms with van der Waals surface area (Å²) in [6.07, 6.45) is 3.57. The van der Waals surface area contributed by atoms with Crippen LogP contribution >= 0.6 is 0 Å². The Morgan fingerprint density at radius 1 is 0.633 bits per heavy atom. The predicted molar refractivity (Wildman–Crippen MR) is 332 cm³/mol. The number of benzene rings is 4. The van der Waals surface area contributed by atoms with Crippen LogP contribution in [0.15, 0.2) is 84.9 Å². The number of piperidine rings is 1. The number of aryl methyl sites for hydroxylation is 2. The third kappa shape index (κ3) is 26.0. The normalized spacial score (nSPS) is 16.4. The maximum absolute atomic E-state index is 15.0. The minimum atomic E-state index is -4.77. The van der Waals surface area contributed by atoms with E-state index in [1.165, 1.54) is 12.1 Å². The minimum absolute atomic E-state index is 0. The Labute approximate surface area is 554 Å². The van der Waals surface area contributed by atoms with Gasteiger partial charge in [0.25, 0.3) is 0 Å². The van der Waals surface area contributed by atoms with Crippen molar-refractivity contribution in [2.75, 3.05) is 105 Å². The van der Waals surface area contributed by atoms with Crippen molar-refractivity contribution in [3.8, 4) is 16.9 Å². The van der Waals surface area contributed by atoms with Gasteiger partial charge in [0.05, 0.1) is 38.3 Å². The molecule has 2 saturated heterocycles. The van der Waals surface area contributed by atoms with E-state index < -0.39 is 59.5 Å². The summed E-state index contributed by atoms with van der Waals surface area (Å²) in [7, 11) is 0. The maximum Gasteiger partial charge on any atom is 3.00 e. The van der Waals surface area contributed by atoms with Crippen LogP contribution in [0.2, 0.25) is 0 Å². The van der Waals surface area contributed by atoms with E-state index in [0.29, 0.717) is 76.4 Å². The fraction of sp³-hybridized carbons (Fsp3) is 0.500. The van der Waals surface area contributed by atoms with Crippen molar-refractivity contribution < 1.29 is 109 Å². The number of unbranched alkanes of at least 4 members (excludes halogenated alkanes) is 2. The molecule has 0 unspecified atom stereocenters. The number of aliphatic carboxylic acids is 4. The number of halogens is 3. The number of carboxylic acids is 4. The van der Waals surface area contributed by atoms with E-state index in [9.17, 15) is 54.0 Å². The summed E-state index contributed by atoms with van der Waals surface area (Å²) in [5, 5.41) is 47.8. The third-order valence-electron chi connectivity index (χ3n) is 16.1. The molecular formula is C66H87F3LuN8O12+3. The molecule has 7 N–H and O–H groups in total. The number of likely N-dealkylation sites (tertiary alicyclic amines) is 1. The summed E-state index contributed by atoms with van der Waals surface area (Å²) in [5.74, 6) is -5.28. The van der Waals surface area contributed by atoms with Crippen molar-refractivity contribution in [2.24, 2.45) is 0 Å². The molecule has 0 aliphatic carbocycles. The Balaban J connectivity index is 0.0000147. The fourth-order valence-corrected chi connectivity index (χ4v) is 11.1. The molecule has 90 heavy (non-hydrogen) atoms. The zero-order chi connectivity index (χ0) is 64.3. The van der Waals surface area contributed by atoms with Gasteiger partial charge in [-0.3, -0.25) is 58.1 Å². The number of nitrogens with one attached hydrogen (secondary N) is 3. The predicted octanol–water partition coefficient (Wildman–Crippen LogP) is 7.14. The monoisotopic (exact) mass is 1420 g/mol. The van der Waals surface area contributed by atoms with E-state index in [1.54, 1.807) is 30.6 Å². The largest absolute Gasteiger partial charge is 3.00 e. The molecule has 2 aliphatic heterocycles. The summed E-state index contributed by atoms with van der Waals surface area (Å²) >= 11 is 0. The average molecular weight is 1420 g/mol. The molecule has 2 aliphatic rings. The first kappa shape index (κ1) is 74.3. The average Bonchev–Trinajstić information content (AvgIpc) is 1.25. The first-order valence-corrected chi connectivity index (χ1v) is 30.7. The van der Waals surface area contributed by atoms with Crippen molar-refractivity contribution >= 4 is 53.8 Å². The molecule has 20 nitrogen and oxygen atoms in total. The molecule has 24 heteroatoms. The summed E-state index contributed by atoms with van der Waals surface area (Å²) in [6.45, 7) is 4.95. The number of ether oxygens (including phenoxy) is 1. The molecule has 0 radical (unpaired) electrons. The van der Waals surface area contributed by atoms with Gasteiger partial charge in [-0.15, -0.1) is 0 Å². The van der Waals surface area contributed by atoms with Gasteiger partial charge in [-0.1, -0.05) is 96.9 Å². The zero-order valence-corrected chi connectivity index (χ0v) is 53.0. The van der Waals surface area contributed by atoms with Gasteiger partial charge in [0.2, 0.25) is 17.7 Å². The van der Waals surface area contributed by atoms with Crippen molar-refractivity contribution in [1.82, 2.24) is 40.4 Å². The van der Waals surface area contributed by atoms with Crippen molar-refractivity contribution in [3.63, 3.8) is 0 Å². The van der Waals surface area contributed by atoms with Gasteiger partial charge in [-0.2, -0.15) is 13.2 Å². The molecule has 0 aromatic heterocycles. The molecule has 2 atom stereocenters. The molecule has 0 saturated carbocycles. The van der Waals surface area contributed by atoms with Crippen LogP contribution in [0.3, 0.4) is 0 Å². The van der Waals surface area contributed by atoms with Crippen molar-refractivity contribution in [2.45, 2.75) is 109 Å². The third-order valence-corrected chi connectivity index (χ3v) is 16.1. The van der Waals surface area contributed by atoms with Gasteiger partial charge >= 0.3 is 66.9 Å². The molecule has 0 bridgehead atoms. The van der Waals surface area contributed by atoms with E-state index in [4.69, 9.17) is 4.74 Å². The molecule has 6 rings (SSSR count). The van der Waals surface area contributed by atoms with Gasteiger partial charge in [0, 0.05) is 84.0 Å². The van der Waals surface area contributed by atoms with Crippen LogP contribution in [0.25, 0.3) is 23.3 Å². The SMILES string of the molecule is Cc1ccc(CCCC(=O)NCCCC[C@H](NC(=O)CN2CCN(CC(=O)O)CCN(CC(=O)O)CCN(CC(=O)O)CC2)C(=O)NCCCCOc2cc(/C=C/c3cccc(-c4ccccc4)c3C)c(C(F)(F)F)cc2CN2CCCC[C@H]2C(=O)O)cc1.[Lu+3]. The summed E-state index contributed by atoms with van der Waals surface area (Å²) in [6, 6.07) is 23.9. The van der Waals surface area contributed by atoms with Crippen LogP contribution in [-0.4, -0.2) is 203 Å². The van der Waals surface area contributed by atoms with E-state index >= 15 is 13.2 Å². The second kappa shape index (κ2) is 38.4. The van der Waals surface area contributed by atoms with E-state index in [1.807, 2.05) is 86.6 Å². The molecular weight excluding hydrogens is 1330 g/mol. The van der Waals surface area contributed by atoms with Crippen molar-refractivity contribution in [1.29, 1.82) is 0 Å². The Hall–Kier alpha value is -6.47. The number of rotatable bonds is 31. The second-order valence-corrected chi connectivity index (χ2v) is 23.0. The number of carbonyl (C=O) groups is 7. The molecule has 2 fully saturated rings. The van der Waals surface area contributed by atoms with Crippen LogP contribution in [0, 0.1) is 50.7 Å². The first-order chi connectivity index (χ1) is 42.6. The molecule has 3 amide bonds. The maximum atomic E-state index is 15.0. The van der Waals surface area contributed by atoms with Gasteiger partial charge in [0.15, 0.2) is 0 Å². The van der Waals surface area contributed by atoms with Crippen molar-refractivity contribution in [3.05, 3.63) is 124 Å². The molecule has 2 heterocycles. The van der Waals surface area contributed by atoms with Crippen LogP contribution in [0.4, 0.5) is 13.2 Å². The van der Waals surface area contributed by atoms with Crippen LogP contribution in [-0.2, 0) is 52.7 Å². The van der Waals surface area contributed by atoms with Gasteiger partial charge in [-0.05, 0) is 124 Å². The molecule has 496 valence electrons. The fourth-order valence-electron chi connectivity index (χ4n) is 11.1. The van der Waals surface area contributed by atoms with Crippen LogP contribution in [0.5, 0.6) is 5.75 Å². The number of nitrogens with zero attached hydrogens (tertiary/aromatic N) is 5. The number of alkyl halides is 3. The Morgan fingerprint density at radius 2 is 1.21 bits per heavy atom. The summed E-state index contributed by atoms with van der Waals surface area (Å²) in [4.78, 5) is 97.0. The summed E-state index contributed by atoms with van der Waals surface area (Å²) < 4.78 is 51.4. The Morgan fingerprint density at radius 3 is 1.80 bits per heavy atom. The molecule has 0 spiro atoms. The first-order valence-electron chi connectivity index (χ1n) is 30.7. The zero-order valence-electron chi connectivity index (χ0n) is 51.4. The number of hydrogen-bond acceptors (Lipinski definition) is 13. The van der Waals surface area contributed by atoms with E-state index in [0.717, 1.165) is 40.3 Å². The topological polar surface area (TPSA) is 262 Å².